The number of para-hydroxylation sites is 1. The van der Waals surface area contributed by atoms with Crippen LogP contribution in [0, 0.1) is 13.8 Å². The number of benzene rings is 2. The molecule has 2 N–H and O–H groups in total. The van der Waals surface area contributed by atoms with Crippen molar-refractivity contribution in [3.63, 3.8) is 0 Å². The van der Waals surface area contributed by atoms with Crippen molar-refractivity contribution in [1.82, 2.24) is 0 Å². The van der Waals surface area contributed by atoms with E-state index in [0.29, 0.717) is 11.4 Å². The molecule has 0 fully saturated rings. The Morgan fingerprint density at radius 2 is 1.50 bits per heavy atom. The maximum Gasteiger partial charge on any atom is 0.314 e. The molecule has 2 aromatic carbocycles. The van der Waals surface area contributed by atoms with Crippen molar-refractivity contribution in [2.45, 2.75) is 13.8 Å². The van der Waals surface area contributed by atoms with Crippen molar-refractivity contribution in [1.29, 1.82) is 0 Å². The van der Waals surface area contributed by atoms with Gasteiger partial charge in [-0.25, -0.2) is 0 Å². The summed E-state index contributed by atoms with van der Waals surface area (Å²) in [7, 11) is 0. The second-order valence-corrected chi connectivity index (χ2v) is 4.59. The van der Waals surface area contributed by atoms with Crippen molar-refractivity contribution < 1.29 is 9.59 Å². The third kappa shape index (κ3) is 3.45. The van der Waals surface area contributed by atoms with Gasteiger partial charge in [0.05, 0.1) is 0 Å². The third-order valence-corrected chi connectivity index (χ3v) is 2.88. The summed E-state index contributed by atoms with van der Waals surface area (Å²) in [5, 5.41) is 5.17. The van der Waals surface area contributed by atoms with Crippen LogP contribution in [0.15, 0.2) is 48.5 Å². The summed E-state index contributed by atoms with van der Waals surface area (Å²) in [6, 6.07) is 14.6. The van der Waals surface area contributed by atoms with Crippen LogP contribution in [0.5, 0.6) is 0 Å². The summed E-state index contributed by atoms with van der Waals surface area (Å²) >= 11 is 0. The van der Waals surface area contributed by atoms with Crippen LogP contribution in [0.2, 0.25) is 0 Å². The molecule has 0 unspecified atom stereocenters. The van der Waals surface area contributed by atoms with Gasteiger partial charge in [0.1, 0.15) is 0 Å². The van der Waals surface area contributed by atoms with Gasteiger partial charge in [-0.05, 0) is 43.2 Å². The van der Waals surface area contributed by atoms with E-state index in [4.69, 9.17) is 0 Å². The fourth-order valence-corrected chi connectivity index (χ4v) is 1.76. The number of aryl methyl sites for hydroxylation is 2. The molecule has 0 aliphatic heterocycles. The van der Waals surface area contributed by atoms with Crippen LogP contribution in [-0.2, 0) is 9.59 Å². The van der Waals surface area contributed by atoms with Gasteiger partial charge in [0.15, 0.2) is 0 Å². The van der Waals surface area contributed by atoms with Gasteiger partial charge in [-0.2, -0.15) is 0 Å². The van der Waals surface area contributed by atoms with Gasteiger partial charge in [0.2, 0.25) is 0 Å². The number of rotatable bonds is 2. The molecule has 0 saturated carbocycles. The molecule has 102 valence electrons. The molecule has 2 amide bonds. The van der Waals surface area contributed by atoms with Gasteiger partial charge in [-0.3, -0.25) is 9.59 Å². The Balaban J connectivity index is 2.04. The summed E-state index contributed by atoms with van der Waals surface area (Å²) in [5.74, 6) is -1.36. The SMILES string of the molecule is Cc1ccc(C)c(NC(=O)C(=O)Nc2ccccc2)c1. The highest BCUT2D eigenvalue weighted by atomic mass is 16.2. The van der Waals surface area contributed by atoms with Crippen molar-refractivity contribution >= 4 is 23.2 Å². The Hall–Kier alpha value is -2.62. The molecule has 0 aliphatic carbocycles. The zero-order chi connectivity index (χ0) is 14.5. The average molecular weight is 268 g/mol. The number of carbonyl (C=O) groups is 2. The van der Waals surface area contributed by atoms with Crippen LogP contribution in [0.4, 0.5) is 11.4 Å². The van der Waals surface area contributed by atoms with Gasteiger partial charge in [-0.1, -0.05) is 30.3 Å². The first-order chi connectivity index (χ1) is 9.56. The van der Waals surface area contributed by atoms with Gasteiger partial charge < -0.3 is 10.6 Å². The van der Waals surface area contributed by atoms with Crippen LogP contribution >= 0.6 is 0 Å². The van der Waals surface area contributed by atoms with Crippen molar-refractivity contribution in [2.24, 2.45) is 0 Å². The molecule has 0 bridgehead atoms. The van der Waals surface area contributed by atoms with Crippen LogP contribution < -0.4 is 10.6 Å². The lowest BCUT2D eigenvalue weighted by Gasteiger charge is -2.09. The topological polar surface area (TPSA) is 58.2 Å². The van der Waals surface area contributed by atoms with Crippen LogP contribution in [0.3, 0.4) is 0 Å². The summed E-state index contributed by atoms with van der Waals surface area (Å²) in [5.41, 5.74) is 3.18. The quantitative estimate of drug-likeness (QED) is 0.823. The Bertz CT molecular complexity index is 636. The second kappa shape index (κ2) is 6.02. The highest BCUT2D eigenvalue weighted by molar-refractivity contribution is 6.43. The van der Waals surface area contributed by atoms with E-state index in [1.54, 1.807) is 24.3 Å². The van der Waals surface area contributed by atoms with Crippen molar-refractivity contribution in [3.05, 3.63) is 59.7 Å². The average Bonchev–Trinajstić information content (AvgIpc) is 2.44. The van der Waals surface area contributed by atoms with Crippen molar-refractivity contribution in [3.8, 4) is 0 Å². The van der Waals surface area contributed by atoms with Gasteiger partial charge in [0.25, 0.3) is 0 Å². The summed E-state index contributed by atoms with van der Waals surface area (Å²) in [6.45, 7) is 3.81. The lowest BCUT2D eigenvalue weighted by molar-refractivity contribution is -0.133. The number of anilines is 2. The molecule has 2 aromatic rings. The monoisotopic (exact) mass is 268 g/mol. The minimum absolute atomic E-state index is 0.591. The van der Waals surface area contributed by atoms with E-state index in [1.165, 1.54) is 0 Å². The fourth-order valence-electron chi connectivity index (χ4n) is 1.76. The molecule has 0 heterocycles. The van der Waals surface area contributed by atoms with E-state index in [2.05, 4.69) is 10.6 Å². The Labute approximate surface area is 117 Å². The number of hydrogen-bond acceptors (Lipinski definition) is 2. The standard InChI is InChI=1S/C16H16N2O2/c1-11-8-9-12(2)14(10-11)18-16(20)15(19)17-13-6-4-3-5-7-13/h3-10H,1-2H3,(H,17,19)(H,18,20). The van der Waals surface area contributed by atoms with Crippen LogP contribution in [0.1, 0.15) is 11.1 Å². The maximum absolute atomic E-state index is 11.9. The zero-order valence-electron chi connectivity index (χ0n) is 11.4. The summed E-state index contributed by atoms with van der Waals surface area (Å²) in [4.78, 5) is 23.6. The highest BCUT2D eigenvalue weighted by Crippen LogP contribution is 2.16. The normalized spacial score (nSPS) is 9.90. The highest BCUT2D eigenvalue weighted by Gasteiger charge is 2.14. The van der Waals surface area contributed by atoms with Gasteiger partial charge >= 0.3 is 11.8 Å². The Morgan fingerprint density at radius 3 is 2.20 bits per heavy atom. The molecule has 4 heteroatoms. The largest absolute Gasteiger partial charge is 0.318 e. The molecule has 0 radical (unpaired) electrons. The third-order valence-electron chi connectivity index (χ3n) is 2.88. The van der Waals surface area contributed by atoms with Crippen LogP contribution in [-0.4, -0.2) is 11.8 Å². The fraction of sp³-hybridized carbons (Fsp3) is 0.125. The number of nitrogens with one attached hydrogen (secondary N) is 2. The predicted molar refractivity (Wildman–Crippen MR) is 79.6 cm³/mol. The van der Waals surface area contributed by atoms with Gasteiger partial charge in [0, 0.05) is 11.4 Å². The molecular weight excluding hydrogens is 252 g/mol. The summed E-state index contributed by atoms with van der Waals surface area (Å²) in [6.07, 6.45) is 0. The smallest absolute Gasteiger partial charge is 0.314 e. The molecule has 0 aliphatic rings. The lowest BCUT2D eigenvalue weighted by atomic mass is 10.1. The van der Waals surface area contributed by atoms with Crippen molar-refractivity contribution in [2.75, 3.05) is 10.6 Å². The maximum atomic E-state index is 11.9. The van der Waals surface area contributed by atoms with E-state index in [0.717, 1.165) is 11.1 Å². The van der Waals surface area contributed by atoms with E-state index in [9.17, 15) is 9.59 Å². The molecule has 20 heavy (non-hydrogen) atoms. The molecule has 0 spiro atoms. The summed E-state index contributed by atoms with van der Waals surface area (Å²) < 4.78 is 0. The number of hydrogen-bond donors (Lipinski definition) is 2. The van der Waals surface area contributed by atoms with E-state index in [-0.39, 0.29) is 0 Å². The molecule has 0 aromatic heterocycles. The Kier molecular flexibility index (Phi) is 4.15. The van der Waals surface area contributed by atoms with Gasteiger partial charge in [-0.15, -0.1) is 0 Å². The Morgan fingerprint density at radius 1 is 0.850 bits per heavy atom. The number of amides is 2. The molecule has 2 rings (SSSR count). The minimum atomic E-state index is -0.683. The van der Waals surface area contributed by atoms with E-state index < -0.39 is 11.8 Å². The molecular formula is C16H16N2O2. The molecule has 0 atom stereocenters. The minimum Gasteiger partial charge on any atom is -0.318 e. The number of carbonyl (C=O) groups excluding carboxylic acids is 2. The predicted octanol–water partition coefficient (Wildman–Crippen LogP) is 2.88. The molecule has 4 nitrogen and oxygen atoms in total. The first-order valence-electron chi connectivity index (χ1n) is 6.31. The lowest BCUT2D eigenvalue weighted by Crippen LogP contribution is -2.29. The first-order valence-corrected chi connectivity index (χ1v) is 6.31. The van der Waals surface area contributed by atoms with Crippen LogP contribution in [0.25, 0.3) is 0 Å². The second-order valence-electron chi connectivity index (χ2n) is 4.59. The van der Waals surface area contributed by atoms with E-state index in [1.807, 2.05) is 38.1 Å². The zero-order valence-corrected chi connectivity index (χ0v) is 11.4. The first kappa shape index (κ1) is 13.8. The molecule has 0 saturated heterocycles. The van der Waals surface area contributed by atoms with E-state index >= 15 is 0 Å².